The van der Waals surface area contributed by atoms with E-state index in [1.165, 1.54) is 6.07 Å². The first-order valence-corrected chi connectivity index (χ1v) is 10.1. The Balaban J connectivity index is 1.62. The summed E-state index contributed by atoms with van der Waals surface area (Å²) in [6, 6.07) is 18.9. The van der Waals surface area contributed by atoms with Crippen molar-refractivity contribution in [2.75, 3.05) is 11.9 Å². The van der Waals surface area contributed by atoms with Gasteiger partial charge in [-0.25, -0.2) is 9.18 Å². The van der Waals surface area contributed by atoms with E-state index >= 15 is 0 Å². The molecule has 1 unspecified atom stereocenters. The Hall–Kier alpha value is -3.71. The van der Waals surface area contributed by atoms with Crippen LogP contribution in [0.4, 0.5) is 10.1 Å². The number of anilines is 1. The third-order valence-corrected chi connectivity index (χ3v) is 4.89. The lowest BCUT2D eigenvalue weighted by atomic mass is 10.1. The first-order valence-electron chi connectivity index (χ1n) is 9.72. The van der Waals surface area contributed by atoms with E-state index in [0.717, 1.165) is 17.7 Å². The average Bonchev–Trinajstić information content (AvgIpc) is 2.78. The molecule has 0 fully saturated rings. The number of carbonyl (C=O) groups excluding carboxylic acids is 3. The molecular formula is C24H20ClFN2O4. The quantitative estimate of drug-likeness (QED) is 0.504. The van der Waals surface area contributed by atoms with Crippen LogP contribution in [0.5, 0.6) is 0 Å². The summed E-state index contributed by atoms with van der Waals surface area (Å²) < 4.78 is 18.1. The van der Waals surface area contributed by atoms with Gasteiger partial charge in [0, 0.05) is 0 Å². The first kappa shape index (κ1) is 23.0. The lowest BCUT2D eigenvalue weighted by molar-refractivity contribution is -0.119. The van der Waals surface area contributed by atoms with Gasteiger partial charge >= 0.3 is 5.97 Å². The molecule has 2 amide bonds. The lowest BCUT2D eigenvalue weighted by Gasteiger charge is -2.16. The summed E-state index contributed by atoms with van der Waals surface area (Å²) in [5, 5.41) is 5.33. The van der Waals surface area contributed by atoms with Crippen LogP contribution in [0.15, 0.2) is 72.8 Å². The van der Waals surface area contributed by atoms with E-state index in [9.17, 15) is 18.8 Å². The minimum atomic E-state index is -0.868. The highest BCUT2D eigenvalue weighted by atomic mass is 35.5. The van der Waals surface area contributed by atoms with E-state index in [4.69, 9.17) is 16.3 Å². The van der Waals surface area contributed by atoms with Crippen molar-refractivity contribution < 1.29 is 23.5 Å². The highest BCUT2D eigenvalue weighted by Crippen LogP contribution is 2.19. The molecular weight excluding hydrogens is 435 g/mol. The van der Waals surface area contributed by atoms with Gasteiger partial charge in [-0.3, -0.25) is 9.59 Å². The van der Waals surface area contributed by atoms with E-state index in [1.54, 1.807) is 24.3 Å². The number of hydrogen-bond donors (Lipinski definition) is 2. The number of benzene rings is 3. The van der Waals surface area contributed by atoms with Gasteiger partial charge in [-0.05, 0) is 42.8 Å². The SMILES string of the molecule is CC(NC(=O)c1ccccc1NC(=O)COC(=O)c1ccc(F)cc1Cl)c1ccccc1. The fourth-order valence-corrected chi connectivity index (χ4v) is 3.18. The van der Waals surface area contributed by atoms with Crippen LogP contribution in [0.1, 0.15) is 39.2 Å². The van der Waals surface area contributed by atoms with Gasteiger partial charge in [0.1, 0.15) is 5.82 Å². The largest absolute Gasteiger partial charge is 0.452 e. The molecule has 0 radical (unpaired) electrons. The summed E-state index contributed by atoms with van der Waals surface area (Å²) in [5.74, 6) is -2.48. The van der Waals surface area contributed by atoms with Gasteiger partial charge in [0.2, 0.25) is 0 Å². The number of carbonyl (C=O) groups is 3. The van der Waals surface area contributed by atoms with Crippen molar-refractivity contribution in [2.24, 2.45) is 0 Å². The average molecular weight is 455 g/mol. The molecule has 6 nitrogen and oxygen atoms in total. The van der Waals surface area contributed by atoms with E-state index in [1.807, 2.05) is 37.3 Å². The Morgan fingerprint density at radius 3 is 2.38 bits per heavy atom. The van der Waals surface area contributed by atoms with Gasteiger partial charge in [0.25, 0.3) is 11.8 Å². The molecule has 8 heteroatoms. The topological polar surface area (TPSA) is 84.5 Å². The van der Waals surface area contributed by atoms with Crippen molar-refractivity contribution >= 4 is 35.1 Å². The van der Waals surface area contributed by atoms with Crippen LogP contribution in [0, 0.1) is 5.82 Å². The minimum Gasteiger partial charge on any atom is -0.452 e. The van der Waals surface area contributed by atoms with Gasteiger partial charge < -0.3 is 15.4 Å². The number of nitrogens with one attached hydrogen (secondary N) is 2. The van der Waals surface area contributed by atoms with Gasteiger partial charge in [-0.2, -0.15) is 0 Å². The number of hydrogen-bond acceptors (Lipinski definition) is 4. The fourth-order valence-electron chi connectivity index (χ4n) is 2.94. The molecule has 0 saturated heterocycles. The predicted octanol–water partition coefficient (Wildman–Crippen LogP) is 4.77. The second-order valence-electron chi connectivity index (χ2n) is 6.90. The molecule has 3 rings (SSSR count). The molecule has 3 aromatic rings. The van der Waals surface area contributed by atoms with Crippen LogP contribution in [-0.4, -0.2) is 24.4 Å². The zero-order valence-electron chi connectivity index (χ0n) is 17.1. The van der Waals surface area contributed by atoms with Crippen molar-refractivity contribution in [2.45, 2.75) is 13.0 Å². The Morgan fingerprint density at radius 1 is 0.969 bits per heavy atom. The number of para-hydroxylation sites is 1. The van der Waals surface area contributed by atoms with Gasteiger partial charge in [0.05, 0.1) is 27.9 Å². The maximum atomic E-state index is 13.1. The van der Waals surface area contributed by atoms with E-state index < -0.39 is 24.3 Å². The Bertz CT molecular complexity index is 1140. The summed E-state index contributed by atoms with van der Waals surface area (Å²) in [6.45, 7) is 1.25. The van der Waals surface area contributed by atoms with Gasteiger partial charge in [-0.15, -0.1) is 0 Å². The molecule has 0 aromatic heterocycles. The van der Waals surface area contributed by atoms with Crippen molar-refractivity contribution in [1.29, 1.82) is 0 Å². The van der Waals surface area contributed by atoms with Crippen LogP contribution in [0.3, 0.4) is 0 Å². The van der Waals surface area contributed by atoms with Crippen molar-refractivity contribution in [3.8, 4) is 0 Å². The second-order valence-corrected chi connectivity index (χ2v) is 7.31. The summed E-state index contributed by atoms with van der Waals surface area (Å²) in [4.78, 5) is 37.1. The predicted molar refractivity (Wildman–Crippen MR) is 119 cm³/mol. The lowest BCUT2D eigenvalue weighted by Crippen LogP contribution is -2.28. The summed E-state index contributed by atoms with van der Waals surface area (Å²) in [7, 11) is 0. The molecule has 164 valence electrons. The molecule has 0 aliphatic rings. The Labute approximate surface area is 189 Å². The maximum Gasteiger partial charge on any atom is 0.340 e. The molecule has 3 aromatic carbocycles. The smallest absolute Gasteiger partial charge is 0.340 e. The van der Waals surface area contributed by atoms with Crippen molar-refractivity contribution in [3.63, 3.8) is 0 Å². The van der Waals surface area contributed by atoms with Crippen LogP contribution >= 0.6 is 11.6 Å². The van der Waals surface area contributed by atoms with Crippen molar-refractivity contribution in [1.82, 2.24) is 5.32 Å². The van der Waals surface area contributed by atoms with E-state index in [-0.39, 0.29) is 33.8 Å². The Kier molecular flexibility index (Phi) is 7.57. The molecule has 32 heavy (non-hydrogen) atoms. The molecule has 1 atom stereocenters. The number of ether oxygens (including phenoxy) is 1. The highest BCUT2D eigenvalue weighted by Gasteiger charge is 2.18. The van der Waals surface area contributed by atoms with E-state index in [0.29, 0.717) is 0 Å². The van der Waals surface area contributed by atoms with Gasteiger partial charge in [-0.1, -0.05) is 54.1 Å². The summed E-state index contributed by atoms with van der Waals surface area (Å²) in [6.07, 6.45) is 0. The van der Waals surface area contributed by atoms with Gasteiger partial charge in [0.15, 0.2) is 6.61 Å². The molecule has 0 spiro atoms. The molecule has 0 bridgehead atoms. The number of esters is 1. The molecule has 0 aliphatic carbocycles. The standard InChI is InChI=1S/C24H20ClFN2O4/c1-15(16-7-3-2-4-8-16)27-23(30)19-9-5-6-10-21(19)28-22(29)14-32-24(31)18-12-11-17(26)13-20(18)25/h2-13,15H,14H2,1H3,(H,27,30)(H,28,29). The molecule has 0 aliphatic heterocycles. The first-order chi connectivity index (χ1) is 15.3. The van der Waals surface area contributed by atoms with Crippen LogP contribution < -0.4 is 10.6 Å². The number of halogens is 2. The second kappa shape index (κ2) is 10.5. The number of amides is 2. The highest BCUT2D eigenvalue weighted by molar-refractivity contribution is 6.33. The normalized spacial score (nSPS) is 11.3. The Morgan fingerprint density at radius 2 is 1.66 bits per heavy atom. The maximum absolute atomic E-state index is 13.1. The minimum absolute atomic E-state index is 0.0597. The fraction of sp³-hybridized carbons (Fsp3) is 0.125. The summed E-state index contributed by atoms with van der Waals surface area (Å²) >= 11 is 5.82. The molecule has 0 heterocycles. The van der Waals surface area contributed by atoms with Crippen LogP contribution in [0.2, 0.25) is 5.02 Å². The van der Waals surface area contributed by atoms with Crippen LogP contribution in [0.25, 0.3) is 0 Å². The van der Waals surface area contributed by atoms with Crippen molar-refractivity contribution in [3.05, 3.63) is 100 Å². The third kappa shape index (κ3) is 5.92. The molecule has 2 N–H and O–H groups in total. The van der Waals surface area contributed by atoms with E-state index in [2.05, 4.69) is 10.6 Å². The monoisotopic (exact) mass is 454 g/mol. The number of rotatable bonds is 7. The third-order valence-electron chi connectivity index (χ3n) is 4.58. The summed E-state index contributed by atoms with van der Waals surface area (Å²) in [5.41, 5.74) is 1.41. The zero-order valence-corrected chi connectivity index (χ0v) is 17.9. The van der Waals surface area contributed by atoms with Crippen LogP contribution in [-0.2, 0) is 9.53 Å². The zero-order chi connectivity index (χ0) is 23.1. The molecule has 0 saturated carbocycles.